The van der Waals surface area contributed by atoms with Gasteiger partial charge in [-0.3, -0.25) is 4.79 Å². The number of methoxy groups -OCH3 is 1. The zero-order valence-electron chi connectivity index (χ0n) is 17.4. The molecule has 2 aromatic carbocycles. The summed E-state index contributed by atoms with van der Waals surface area (Å²) in [4.78, 5) is 12.9. The normalized spacial score (nSPS) is 13.0. The van der Waals surface area contributed by atoms with Crippen molar-refractivity contribution < 1.29 is 19.0 Å². The lowest BCUT2D eigenvalue weighted by Gasteiger charge is -2.28. The van der Waals surface area contributed by atoms with Crippen LogP contribution in [0.2, 0.25) is 5.02 Å². The van der Waals surface area contributed by atoms with Crippen LogP contribution in [-0.4, -0.2) is 53.0 Å². The van der Waals surface area contributed by atoms with Crippen LogP contribution < -0.4 is 19.5 Å². The maximum absolute atomic E-state index is 12.9. The molecule has 0 saturated carbocycles. The third-order valence-corrected chi connectivity index (χ3v) is 5.43. The molecule has 0 radical (unpaired) electrons. The number of ether oxygens (including phenoxy) is 3. The maximum Gasteiger partial charge on any atom is 0.255 e. The van der Waals surface area contributed by atoms with Crippen molar-refractivity contribution in [2.75, 3.05) is 26.9 Å². The summed E-state index contributed by atoms with van der Waals surface area (Å²) in [5.41, 5.74) is 1.50. The molecule has 1 aliphatic heterocycles. The number of benzene rings is 2. The first-order chi connectivity index (χ1) is 14.9. The van der Waals surface area contributed by atoms with E-state index in [1.54, 1.807) is 12.1 Å². The van der Waals surface area contributed by atoms with E-state index in [4.69, 9.17) is 25.8 Å². The van der Waals surface area contributed by atoms with E-state index >= 15 is 0 Å². The van der Waals surface area contributed by atoms with Gasteiger partial charge in [0.1, 0.15) is 25.3 Å². The molecular formula is C21H22ClN5O4. The van der Waals surface area contributed by atoms with Crippen molar-refractivity contribution in [1.82, 2.24) is 25.5 Å². The van der Waals surface area contributed by atoms with E-state index in [0.717, 1.165) is 17.1 Å². The molecule has 0 atom stereocenters. The average molecular weight is 444 g/mol. The third-order valence-electron chi connectivity index (χ3n) is 5.12. The minimum atomic E-state index is -0.352. The molecule has 162 valence electrons. The number of aromatic nitrogens is 4. The highest BCUT2D eigenvalue weighted by molar-refractivity contribution is 6.33. The zero-order chi connectivity index (χ0) is 22.0. The van der Waals surface area contributed by atoms with Gasteiger partial charge in [0.15, 0.2) is 11.5 Å². The summed E-state index contributed by atoms with van der Waals surface area (Å²) in [5, 5.41) is 14.3. The number of rotatable bonds is 6. The van der Waals surface area contributed by atoms with E-state index in [-0.39, 0.29) is 11.3 Å². The van der Waals surface area contributed by atoms with E-state index in [1.807, 2.05) is 32.0 Å². The van der Waals surface area contributed by atoms with Crippen molar-refractivity contribution in [3.05, 3.63) is 52.8 Å². The molecule has 9 nitrogen and oxygen atoms in total. The summed E-state index contributed by atoms with van der Waals surface area (Å²) in [7, 11) is 1.49. The molecule has 0 aliphatic carbocycles. The lowest BCUT2D eigenvalue weighted by atomic mass is 9.84. The Hall–Kier alpha value is -3.33. The zero-order valence-corrected chi connectivity index (χ0v) is 18.1. The summed E-state index contributed by atoms with van der Waals surface area (Å²) in [6.45, 7) is 5.55. The fourth-order valence-electron chi connectivity index (χ4n) is 3.30. The third kappa shape index (κ3) is 4.27. The number of carbonyl (C=O) groups excluding carboxylic acids is 1. The van der Waals surface area contributed by atoms with Gasteiger partial charge in [-0.15, -0.1) is 5.10 Å². The number of nitrogens with one attached hydrogen (secondary N) is 1. The van der Waals surface area contributed by atoms with Gasteiger partial charge in [-0.05, 0) is 34.2 Å². The van der Waals surface area contributed by atoms with Crippen molar-refractivity contribution in [2.24, 2.45) is 0 Å². The van der Waals surface area contributed by atoms with Gasteiger partial charge in [0.25, 0.3) is 5.91 Å². The second kappa shape index (κ2) is 8.43. The second-order valence-corrected chi connectivity index (χ2v) is 8.09. The average Bonchev–Trinajstić information content (AvgIpc) is 3.31. The molecule has 3 aromatic rings. The molecule has 4 rings (SSSR count). The van der Waals surface area contributed by atoms with Gasteiger partial charge >= 0.3 is 0 Å². The predicted octanol–water partition coefficient (Wildman–Crippen LogP) is 2.80. The Balaban J connectivity index is 1.52. The van der Waals surface area contributed by atoms with E-state index in [2.05, 4.69) is 20.8 Å². The topological polar surface area (TPSA) is 100 Å². The van der Waals surface area contributed by atoms with Crippen LogP contribution in [0.4, 0.5) is 0 Å². The van der Waals surface area contributed by atoms with Crippen LogP contribution in [0.5, 0.6) is 17.2 Å². The van der Waals surface area contributed by atoms with Gasteiger partial charge in [-0.25, -0.2) is 0 Å². The van der Waals surface area contributed by atoms with Crippen LogP contribution in [0, 0.1) is 0 Å². The van der Waals surface area contributed by atoms with Crippen molar-refractivity contribution in [3.63, 3.8) is 0 Å². The van der Waals surface area contributed by atoms with Crippen LogP contribution in [-0.2, 0) is 5.41 Å². The Bertz CT molecular complexity index is 1100. The van der Waals surface area contributed by atoms with Gasteiger partial charge in [0.05, 0.1) is 23.4 Å². The van der Waals surface area contributed by atoms with Gasteiger partial charge in [0.2, 0.25) is 0 Å². The SMILES string of the molecule is COc1cc(-n2cnnn2)c(Cl)cc1C(=O)NCC(C)(C)c1ccc2c(c1)OCCO2. The highest BCUT2D eigenvalue weighted by atomic mass is 35.5. The highest BCUT2D eigenvalue weighted by Crippen LogP contribution is 2.35. The first-order valence-electron chi connectivity index (χ1n) is 9.68. The van der Waals surface area contributed by atoms with Crippen LogP contribution in [0.15, 0.2) is 36.7 Å². The van der Waals surface area contributed by atoms with Crippen molar-refractivity contribution in [1.29, 1.82) is 0 Å². The van der Waals surface area contributed by atoms with Crippen LogP contribution >= 0.6 is 11.6 Å². The number of carbonyl (C=O) groups is 1. The first kappa shape index (κ1) is 20.9. The van der Waals surface area contributed by atoms with Crippen molar-refractivity contribution >= 4 is 17.5 Å². The molecule has 1 aromatic heterocycles. The molecule has 1 N–H and O–H groups in total. The Morgan fingerprint density at radius 2 is 2.00 bits per heavy atom. The van der Waals surface area contributed by atoms with Crippen LogP contribution in [0.3, 0.4) is 0 Å². The summed E-state index contributed by atoms with van der Waals surface area (Å²) in [6, 6.07) is 9.01. The van der Waals surface area contributed by atoms with Gasteiger partial charge in [0, 0.05) is 18.0 Å². The van der Waals surface area contributed by atoms with Gasteiger partial charge in [-0.1, -0.05) is 31.5 Å². The Morgan fingerprint density at radius 1 is 1.23 bits per heavy atom. The molecule has 1 amide bonds. The number of fused-ring (bicyclic) bond motifs is 1. The molecule has 0 fully saturated rings. The number of nitrogens with zero attached hydrogens (tertiary/aromatic N) is 4. The molecule has 31 heavy (non-hydrogen) atoms. The summed E-state index contributed by atoms with van der Waals surface area (Å²) >= 11 is 6.37. The lowest BCUT2D eigenvalue weighted by Crippen LogP contribution is -2.37. The quantitative estimate of drug-likeness (QED) is 0.625. The largest absolute Gasteiger partial charge is 0.496 e. The smallest absolute Gasteiger partial charge is 0.255 e. The van der Waals surface area contributed by atoms with E-state index in [1.165, 1.54) is 18.1 Å². The molecule has 2 heterocycles. The van der Waals surface area contributed by atoms with E-state index < -0.39 is 0 Å². The highest BCUT2D eigenvalue weighted by Gasteiger charge is 2.25. The fourth-order valence-corrected chi connectivity index (χ4v) is 3.55. The van der Waals surface area contributed by atoms with Crippen LogP contribution in [0.1, 0.15) is 29.8 Å². The number of tetrazole rings is 1. The van der Waals surface area contributed by atoms with E-state index in [0.29, 0.717) is 41.8 Å². The molecule has 0 spiro atoms. The second-order valence-electron chi connectivity index (χ2n) is 7.68. The number of halogens is 1. The molecule has 0 unspecified atom stereocenters. The van der Waals surface area contributed by atoms with Crippen LogP contribution in [0.25, 0.3) is 5.69 Å². The van der Waals surface area contributed by atoms with Crippen molar-refractivity contribution in [2.45, 2.75) is 19.3 Å². The maximum atomic E-state index is 12.9. The van der Waals surface area contributed by atoms with Crippen molar-refractivity contribution in [3.8, 4) is 22.9 Å². The molecule has 0 bridgehead atoms. The standard InChI is InChI=1S/C21H22ClN5O4/c1-21(2,13-4-5-17-19(8-13)31-7-6-30-17)11-23-20(28)14-9-15(22)16(10-18(14)29-3)27-12-24-25-26-27/h4-5,8-10,12H,6-7,11H2,1-3H3,(H,23,28). The lowest BCUT2D eigenvalue weighted by molar-refractivity contribution is 0.0942. The number of hydrogen-bond acceptors (Lipinski definition) is 7. The summed E-state index contributed by atoms with van der Waals surface area (Å²) < 4.78 is 18.1. The minimum Gasteiger partial charge on any atom is -0.496 e. The van der Waals surface area contributed by atoms with Gasteiger partial charge in [-0.2, -0.15) is 4.68 Å². The number of hydrogen-bond donors (Lipinski definition) is 1. The molecule has 10 heteroatoms. The molecular weight excluding hydrogens is 422 g/mol. The molecule has 0 saturated heterocycles. The minimum absolute atomic E-state index is 0.298. The summed E-state index contributed by atoms with van der Waals surface area (Å²) in [5.74, 6) is 1.52. The Kier molecular flexibility index (Phi) is 5.69. The first-order valence-corrected chi connectivity index (χ1v) is 10.1. The summed E-state index contributed by atoms with van der Waals surface area (Å²) in [6.07, 6.45) is 1.41. The van der Waals surface area contributed by atoms with E-state index in [9.17, 15) is 4.79 Å². The number of amides is 1. The Morgan fingerprint density at radius 3 is 2.71 bits per heavy atom. The monoisotopic (exact) mass is 443 g/mol. The fraction of sp³-hybridized carbons (Fsp3) is 0.333. The van der Waals surface area contributed by atoms with Gasteiger partial charge < -0.3 is 19.5 Å². The predicted molar refractivity (Wildman–Crippen MR) is 114 cm³/mol. The molecule has 1 aliphatic rings. The Labute approximate surface area is 184 Å².